The summed E-state index contributed by atoms with van der Waals surface area (Å²) in [6.07, 6.45) is -1.48. The molecule has 2 heterocycles. The fourth-order valence-corrected chi connectivity index (χ4v) is 9.43. The Labute approximate surface area is 355 Å². The number of carbonyl (C=O) groups excluding carboxylic acids is 3. The molecule has 22 heteroatoms. The van der Waals surface area contributed by atoms with Gasteiger partial charge in [0.2, 0.25) is 23.0 Å². The summed E-state index contributed by atoms with van der Waals surface area (Å²) in [4.78, 5) is 43.1. The number of allylic oxidation sites excluding steroid dienone is 2. The van der Waals surface area contributed by atoms with E-state index in [-0.39, 0.29) is 57.5 Å². The zero-order chi connectivity index (χ0) is 47.0. The summed E-state index contributed by atoms with van der Waals surface area (Å²) in [6, 6.07) is 6.07. The van der Waals surface area contributed by atoms with Crippen molar-refractivity contribution in [3.63, 3.8) is 0 Å². The first-order chi connectivity index (χ1) is 28.2. The largest absolute Gasteiger partial charge is 0.511 e. The molecule has 2 atom stereocenters. The molecule has 14 nitrogen and oxygen atoms in total. The van der Waals surface area contributed by atoms with E-state index in [0.717, 1.165) is 11.1 Å². The Hall–Kier alpha value is -4.54. The van der Waals surface area contributed by atoms with Crippen LogP contribution in [0.3, 0.4) is 0 Å². The van der Waals surface area contributed by atoms with Gasteiger partial charge in [-0.1, -0.05) is 13.8 Å². The molecular weight excluding hydrogens is 871 g/mol. The minimum absolute atomic E-state index is 0.0109. The van der Waals surface area contributed by atoms with Crippen LogP contribution < -0.4 is 40.1 Å². The number of ketones is 1. The second kappa shape index (κ2) is 16.2. The van der Waals surface area contributed by atoms with Gasteiger partial charge >= 0.3 is 31.1 Å². The Morgan fingerprint density at radius 1 is 0.774 bits per heavy atom. The van der Waals surface area contributed by atoms with E-state index in [1.54, 1.807) is 24.3 Å². The molecule has 3 aliphatic rings. The van der Waals surface area contributed by atoms with Crippen LogP contribution in [-0.4, -0.2) is 87.8 Å². The minimum atomic E-state index is -5.74. The van der Waals surface area contributed by atoms with Crippen molar-refractivity contribution in [1.82, 2.24) is 14.0 Å². The third-order valence-corrected chi connectivity index (χ3v) is 14.6. The summed E-state index contributed by atoms with van der Waals surface area (Å²) >= 11 is 0. The standard InChI is InChI=1S/C40H50F6N6O8S2/c1-19(2)51-21(5)37(7,8)25-15-23(27(17-29(25)51)49-31(53)11-13-47-61(57,58)39(41,42)43)33-35(55)34(36(33)56)24-16-26-30(52(20(3)4)22(6)38(26,9)10)18-28(24)50-32(54)12-14-48-62(59,60)40(44,45)46/h15-22,47-48H,11-14H2,1-10H3,(H2,49,50,53,54,55,56)/p+1. The molecule has 2 aliphatic heterocycles. The van der Waals surface area contributed by atoms with E-state index in [0.29, 0.717) is 11.0 Å². The number of anilines is 3. The van der Waals surface area contributed by atoms with Crippen molar-refractivity contribution in [2.45, 2.75) is 128 Å². The molecule has 2 aromatic rings. The lowest BCUT2D eigenvalue weighted by molar-refractivity contribution is -0.116. The van der Waals surface area contributed by atoms with Gasteiger partial charge in [0.05, 0.1) is 27.9 Å². The molecule has 342 valence electrons. The van der Waals surface area contributed by atoms with Crippen molar-refractivity contribution in [1.29, 1.82) is 0 Å². The number of Topliss-reactive ketones (excluding diaryl/α,β-unsaturated/α-hetero) is 1. The van der Waals surface area contributed by atoms with Gasteiger partial charge in [0.15, 0.2) is 6.04 Å². The van der Waals surface area contributed by atoms with E-state index in [1.807, 2.05) is 69.2 Å². The van der Waals surface area contributed by atoms with Crippen molar-refractivity contribution in [2.24, 2.45) is 0 Å². The first-order valence-electron chi connectivity index (χ1n) is 19.7. The van der Waals surface area contributed by atoms with Gasteiger partial charge in [-0.15, -0.1) is 0 Å². The number of rotatable bonds is 13. The van der Waals surface area contributed by atoms with E-state index in [4.69, 9.17) is 0 Å². The quantitative estimate of drug-likeness (QED) is 0.143. The Bertz CT molecular complexity index is 2620. The molecule has 0 bridgehead atoms. The predicted octanol–water partition coefficient (Wildman–Crippen LogP) is 4.40. The number of hydrogen-bond donors (Lipinski definition) is 5. The Balaban J connectivity index is 1.68. The van der Waals surface area contributed by atoms with Gasteiger partial charge in [0, 0.05) is 71.5 Å². The van der Waals surface area contributed by atoms with Crippen molar-refractivity contribution in [3.8, 4) is 0 Å². The number of nitrogens with zero attached hydrogens (tertiary/aromatic N) is 2. The van der Waals surface area contributed by atoms with E-state index in [1.165, 1.54) is 9.44 Å². The number of aliphatic hydroxyl groups is 1. The monoisotopic (exact) mass is 921 g/mol. The van der Waals surface area contributed by atoms with Crippen LogP contribution in [0.5, 0.6) is 0 Å². The van der Waals surface area contributed by atoms with Crippen molar-refractivity contribution >= 4 is 65.9 Å². The van der Waals surface area contributed by atoms with E-state index in [9.17, 15) is 62.7 Å². The molecule has 0 spiro atoms. The molecule has 2 amide bonds. The minimum Gasteiger partial charge on any atom is -0.506 e. The van der Waals surface area contributed by atoms with Gasteiger partial charge < -0.3 is 20.6 Å². The summed E-state index contributed by atoms with van der Waals surface area (Å²) in [5.74, 6) is -3.12. The van der Waals surface area contributed by atoms with Crippen LogP contribution in [0.2, 0.25) is 0 Å². The lowest BCUT2D eigenvalue weighted by Gasteiger charge is -2.34. The highest BCUT2D eigenvalue weighted by Gasteiger charge is 2.49. The van der Waals surface area contributed by atoms with Crippen LogP contribution in [-0.2, 0) is 45.3 Å². The topological polar surface area (TPSA) is 194 Å². The number of nitrogens with one attached hydrogen (secondary N) is 4. The molecule has 0 saturated heterocycles. The van der Waals surface area contributed by atoms with Gasteiger partial charge in [0.25, 0.3) is 0 Å². The Morgan fingerprint density at radius 3 is 1.73 bits per heavy atom. The van der Waals surface area contributed by atoms with Crippen molar-refractivity contribution < 1.29 is 62.7 Å². The fourth-order valence-electron chi connectivity index (χ4n) is 8.36. The highest BCUT2D eigenvalue weighted by molar-refractivity contribution is 7.90. The summed E-state index contributed by atoms with van der Waals surface area (Å²) in [7, 11) is -11.5. The van der Waals surface area contributed by atoms with Crippen molar-refractivity contribution in [3.05, 3.63) is 57.3 Å². The molecule has 2 unspecified atom stereocenters. The molecule has 0 fully saturated rings. The maximum Gasteiger partial charge on any atom is 0.511 e. The Morgan fingerprint density at radius 2 is 1.27 bits per heavy atom. The van der Waals surface area contributed by atoms with Crippen LogP contribution in [0.25, 0.3) is 11.1 Å². The second-order valence-corrected chi connectivity index (χ2v) is 20.9. The lowest BCUT2D eigenvalue weighted by atomic mass is 9.76. The summed E-state index contributed by atoms with van der Waals surface area (Å²) in [5.41, 5.74) is -10.7. The van der Waals surface area contributed by atoms with Crippen LogP contribution in [0.4, 0.5) is 43.4 Å². The van der Waals surface area contributed by atoms with Crippen LogP contribution in [0, 0.1) is 0 Å². The zero-order valence-corrected chi connectivity index (χ0v) is 37.4. The van der Waals surface area contributed by atoms with Gasteiger partial charge in [0.1, 0.15) is 11.8 Å². The van der Waals surface area contributed by atoms with Crippen LogP contribution >= 0.6 is 0 Å². The maximum atomic E-state index is 14.5. The molecule has 5 rings (SSSR count). The number of fused-ring (bicyclic) bond motifs is 2. The third-order valence-electron chi connectivity index (χ3n) is 12.2. The molecular formula is C40H51F6N6O8S2+. The van der Waals surface area contributed by atoms with Crippen LogP contribution in [0.1, 0.15) is 98.8 Å². The fraction of sp³-hybridized carbons (Fsp3) is 0.550. The van der Waals surface area contributed by atoms with E-state index < -0.39 is 91.2 Å². The zero-order valence-electron chi connectivity index (χ0n) is 35.7. The SMILES string of the molecule is CC(C)N1c2cc(NC(=O)CCNS(=O)(=O)C(F)(F)F)c(C3=C(O)/C(=c4/cc5c(cc4NC(=O)CCNS(=O)(=O)C(F)(F)F)=[N+](C(C)C)C(C)C5(C)C)C3=O)cc2C(C)(C)C1C. The number of sulfonamides is 2. The summed E-state index contributed by atoms with van der Waals surface area (Å²) in [6.45, 7) is 17.8. The number of aliphatic hydroxyl groups excluding tert-OH is 1. The highest BCUT2D eigenvalue weighted by Crippen LogP contribution is 2.51. The van der Waals surface area contributed by atoms with Gasteiger partial charge in [-0.3, -0.25) is 14.4 Å². The first-order valence-corrected chi connectivity index (χ1v) is 22.7. The average Bonchev–Trinajstić information content (AvgIpc) is 3.43. The smallest absolute Gasteiger partial charge is 0.506 e. The number of amides is 2. The summed E-state index contributed by atoms with van der Waals surface area (Å²) < 4.78 is 128. The lowest BCUT2D eigenvalue weighted by Crippen LogP contribution is -2.42. The molecule has 0 radical (unpaired) electrons. The molecule has 0 aromatic heterocycles. The highest BCUT2D eigenvalue weighted by atomic mass is 32.2. The third kappa shape index (κ3) is 8.46. The Kier molecular flexibility index (Phi) is 12.7. The van der Waals surface area contributed by atoms with E-state index >= 15 is 0 Å². The molecule has 1 aliphatic carbocycles. The molecule has 2 aromatic carbocycles. The van der Waals surface area contributed by atoms with Crippen LogP contribution in [0.15, 0.2) is 30.0 Å². The number of hydrogen-bond acceptors (Lipinski definition) is 9. The predicted molar refractivity (Wildman–Crippen MR) is 222 cm³/mol. The number of carbonyl (C=O) groups is 3. The summed E-state index contributed by atoms with van der Waals surface area (Å²) in [5, 5.41) is 17.8. The van der Waals surface area contributed by atoms with Gasteiger partial charge in [-0.25, -0.2) is 30.9 Å². The van der Waals surface area contributed by atoms with Gasteiger partial charge in [-0.2, -0.15) is 26.3 Å². The number of alkyl halides is 6. The molecule has 5 N–H and O–H groups in total. The van der Waals surface area contributed by atoms with E-state index in [2.05, 4.69) is 20.1 Å². The molecule has 0 saturated carbocycles. The molecule has 62 heavy (non-hydrogen) atoms. The number of halogens is 6. The van der Waals surface area contributed by atoms with Crippen molar-refractivity contribution in [2.75, 3.05) is 28.6 Å². The average molecular weight is 922 g/mol. The van der Waals surface area contributed by atoms with Gasteiger partial charge in [-0.05, 0) is 79.2 Å². The normalized spacial score (nSPS) is 20.8. The number of benzene rings is 2. The maximum absolute atomic E-state index is 14.5. The second-order valence-electron chi connectivity index (χ2n) is 17.3. The first kappa shape index (κ1) is 48.5.